The van der Waals surface area contributed by atoms with Gasteiger partial charge in [-0.15, -0.1) is 0 Å². The first-order valence-electron chi connectivity index (χ1n) is 7.62. The van der Waals surface area contributed by atoms with E-state index in [0.29, 0.717) is 12.3 Å². The minimum Gasteiger partial charge on any atom is -0.396 e. The molecule has 0 bridgehead atoms. The quantitative estimate of drug-likeness (QED) is 0.527. The maximum absolute atomic E-state index is 11.6. The van der Waals surface area contributed by atoms with Crippen LogP contribution in [-0.4, -0.2) is 24.2 Å². The van der Waals surface area contributed by atoms with Crippen molar-refractivity contribution >= 4 is 5.91 Å². The average Bonchev–Trinajstić information content (AvgIpc) is 2.36. The average molecular weight is 257 g/mol. The zero-order valence-corrected chi connectivity index (χ0v) is 12.2. The van der Waals surface area contributed by atoms with Crippen molar-refractivity contribution in [2.24, 2.45) is 5.92 Å². The van der Waals surface area contributed by atoms with Gasteiger partial charge in [0.15, 0.2) is 0 Å². The number of aliphatic hydroxyl groups excluding tert-OH is 1. The van der Waals surface area contributed by atoms with Crippen LogP contribution in [0.3, 0.4) is 0 Å². The van der Waals surface area contributed by atoms with Crippen molar-refractivity contribution in [1.82, 2.24) is 5.32 Å². The molecule has 0 aliphatic heterocycles. The third kappa shape index (κ3) is 10.6. The molecular formula is C15H31NO2. The third-order valence-corrected chi connectivity index (χ3v) is 3.33. The predicted molar refractivity (Wildman–Crippen MR) is 76.5 cm³/mol. The van der Waals surface area contributed by atoms with E-state index in [-0.39, 0.29) is 12.5 Å². The van der Waals surface area contributed by atoms with Crippen molar-refractivity contribution in [2.45, 2.75) is 71.6 Å². The molecule has 18 heavy (non-hydrogen) atoms. The van der Waals surface area contributed by atoms with Gasteiger partial charge in [-0.1, -0.05) is 46.0 Å². The Morgan fingerprint density at radius 2 is 1.78 bits per heavy atom. The summed E-state index contributed by atoms with van der Waals surface area (Å²) in [6.45, 7) is 5.28. The second-order valence-corrected chi connectivity index (χ2v) is 5.14. The lowest BCUT2D eigenvalue weighted by Crippen LogP contribution is -2.29. The van der Waals surface area contributed by atoms with E-state index >= 15 is 0 Å². The van der Waals surface area contributed by atoms with Gasteiger partial charge in [0.1, 0.15) is 0 Å². The molecule has 1 unspecified atom stereocenters. The second-order valence-electron chi connectivity index (χ2n) is 5.14. The number of hydrogen-bond donors (Lipinski definition) is 2. The predicted octanol–water partition coefficient (Wildman–Crippen LogP) is 3.26. The SMILES string of the molecule is CCCCCCCC(=O)NCC(CCC)CCO. The van der Waals surface area contributed by atoms with Gasteiger partial charge >= 0.3 is 0 Å². The summed E-state index contributed by atoms with van der Waals surface area (Å²) in [5, 5.41) is 11.9. The lowest BCUT2D eigenvalue weighted by molar-refractivity contribution is -0.121. The molecule has 0 aromatic heterocycles. The van der Waals surface area contributed by atoms with Gasteiger partial charge in [0, 0.05) is 19.6 Å². The third-order valence-electron chi connectivity index (χ3n) is 3.33. The van der Waals surface area contributed by atoms with Crippen LogP contribution in [-0.2, 0) is 4.79 Å². The normalized spacial score (nSPS) is 12.4. The van der Waals surface area contributed by atoms with Crippen molar-refractivity contribution in [3.63, 3.8) is 0 Å². The number of amides is 1. The van der Waals surface area contributed by atoms with Crippen molar-refractivity contribution in [3.05, 3.63) is 0 Å². The van der Waals surface area contributed by atoms with Crippen LogP contribution in [0.25, 0.3) is 0 Å². The number of carbonyl (C=O) groups excluding carboxylic acids is 1. The zero-order chi connectivity index (χ0) is 13.6. The molecule has 0 radical (unpaired) electrons. The van der Waals surface area contributed by atoms with E-state index in [1.165, 1.54) is 19.3 Å². The van der Waals surface area contributed by atoms with Crippen LogP contribution in [0.2, 0.25) is 0 Å². The molecule has 0 saturated carbocycles. The first-order chi connectivity index (χ1) is 8.74. The molecule has 1 atom stereocenters. The van der Waals surface area contributed by atoms with Crippen LogP contribution in [0.4, 0.5) is 0 Å². The van der Waals surface area contributed by atoms with Gasteiger partial charge in [-0.3, -0.25) is 4.79 Å². The first kappa shape index (κ1) is 17.4. The van der Waals surface area contributed by atoms with Crippen LogP contribution in [0.15, 0.2) is 0 Å². The monoisotopic (exact) mass is 257 g/mol. The standard InChI is InChI=1S/C15H31NO2/c1-3-5-6-7-8-10-15(18)16-13-14(9-4-2)11-12-17/h14,17H,3-13H2,1-2H3,(H,16,18). The Morgan fingerprint density at radius 3 is 2.39 bits per heavy atom. The molecule has 0 aromatic carbocycles. The van der Waals surface area contributed by atoms with Crippen LogP contribution in [0, 0.1) is 5.92 Å². The summed E-state index contributed by atoms with van der Waals surface area (Å²) in [5.41, 5.74) is 0. The minimum absolute atomic E-state index is 0.172. The number of nitrogens with one attached hydrogen (secondary N) is 1. The molecule has 0 rings (SSSR count). The molecule has 0 aliphatic rings. The molecular weight excluding hydrogens is 226 g/mol. The highest BCUT2D eigenvalue weighted by atomic mass is 16.3. The Bertz CT molecular complexity index is 189. The Kier molecular flexibility index (Phi) is 12.5. The fourth-order valence-electron chi connectivity index (χ4n) is 2.17. The van der Waals surface area contributed by atoms with Crippen LogP contribution in [0.1, 0.15) is 71.6 Å². The summed E-state index contributed by atoms with van der Waals surface area (Å²) in [7, 11) is 0. The van der Waals surface area contributed by atoms with Crippen LogP contribution < -0.4 is 5.32 Å². The highest BCUT2D eigenvalue weighted by Gasteiger charge is 2.09. The van der Waals surface area contributed by atoms with E-state index in [0.717, 1.165) is 38.6 Å². The van der Waals surface area contributed by atoms with Gasteiger partial charge in [0.05, 0.1) is 0 Å². The van der Waals surface area contributed by atoms with Crippen LogP contribution in [0.5, 0.6) is 0 Å². The number of carbonyl (C=O) groups is 1. The van der Waals surface area contributed by atoms with E-state index in [1.54, 1.807) is 0 Å². The van der Waals surface area contributed by atoms with Gasteiger partial charge in [-0.2, -0.15) is 0 Å². The summed E-state index contributed by atoms with van der Waals surface area (Å²) >= 11 is 0. The highest BCUT2D eigenvalue weighted by molar-refractivity contribution is 5.75. The Labute approximate surface area is 112 Å². The number of aliphatic hydroxyl groups is 1. The number of rotatable bonds is 12. The van der Waals surface area contributed by atoms with Crippen molar-refractivity contribution in [2.75, 3.05) is 13.2 Å². The van der Waals surface area contributed by atoms with E-state index < -0.39 is 0 Å². The molecule has 108 valence electrons. The summed E-state index contributed by atoms with van der Waals surface area (Å²) < 4.78 is 0. The first-order valence-corrected chi connectivity index (χ1v) is 7.62. The lowest BCUT2D eigenvalue weighted by atomic mass is 10.00. The zero-order valence-electron chi connectivity index (χ0n) is 12.2. The molecule has 0 heterocycles. The van der Waals surface area contributed by atoms with E-state index in [2.05, 4.69) is 19.2 Å². The molecule has 3 heteroatoms. The molecule has 0 aromatic rings. The summed E-state index contributed by atoms with van der Waals surface area (Å²) in [4.78, 5) is 11.6. The highest BCUT2D eigenvalue weighted by Crippen LogP contribution is 2.10. The summed E-state index contributed by atoms with van der Waals surface area (Å²) in [6, 6.07) is 0. The smallest absolute Gasteiger partial charge is 0.220 e. The topological polar surface area (TPSA) is 49.3 Å². The van der Waals surface area contributed by atoms with E-state index in [4.69, 9.17) is 5.11 Å². The molecule has 2 N–H and O–H groups in total. The minimum atomic E-state index is 0.172. The summed E-state index contributed by atoms with van der Waals surface area (Å²) in [5.74, 6) is 0.606. The maximum atomic E-state index is 11.6. The van der Waals surface area contributed by atoms with Gasteiger partial charge in [0.25, 0.3) is 0 Å². The number of hydrogen-bond acceptors (Lipinski definition) is 2. The second kappa shape index (κ2) is 12.9. The number of unbranched alkanes of at least 4 members (excludes halogenated alkanes) is 4. The largest absolute Gasteiger partial charge is 0.396 e. The fraction of sp³-hybridized carbons (Fsp3) is 0.933. The molecule has 0 spiro atoms. The maximum Gasteiger partial charge on any atom is 0.220 e. The fourth-order valence-corrected chi connectivity index (χ4v) is 2.17. The molecule has 1 amide bonds. The van der Waals surface area contributed by atoms with E-state index in [9.17, 15) is 4.79 Å². The van der Waals surface area contributed by atoms with Gasteiger partial charge in [0.2, 0.25) is 5.91 Å². The van der Waals surface area contributed by atoms with Crippen molar-refractivity contribution in [1.29, 1.82) is 0 Å². The van der Waals surface area contributed by atoms with Crippen molar-refractivity contribution in [3.8, 4) is 0 Å². The van der Waals surface area contributed by atoms with E-state index in [1.807, 2.05) is 0 Å². The Balaban J connectivity index is 3.54. The Hall–Kier alpha value is -0.570. The molecule has 3 nitrogen and oxygen atoms in total. The van der Waals surface area contributed by atoms with Gasteiger partial charge in [-0.25, -0.2) is 0 Å². The van der Waals surface area contributed by atoms with Crippen LogP contribution >= 0.6 is 0 Å². The van der Waals surface area contributed by atoms with Gasteiger partial charge < -0.3 is 10.4 Å². The Morgan fingerprint density at radius 1 is 1.06 bits per heavy atom. The van der Waals surface area contributed by atoms with Crippen molar-refractivity contribution < 1.29 is 9.90 Å². The molecule has 0 saturated heterocycles. The molecule has 0 fully saturated rings. The summed E-state index contributed by atoms with van der Waals surface area (Å²) in [6.07, 6.45) is 9.57. The van der Waals surface area contributed by atoms with Gasteiger partial charge in [-0.05, 0) is 25.2 Å². The lowest BCUT2D eigenvalue weighted by Gasteiger charge is -2.15. The molecule has 0 aliphatic carbocycles.